The second-order valence-corrected chi connectivity index (χ2v) is 8.44. The van der Waals surface area contributed by atoms with Crippen molar-refractivity contribution in [3.05, 3.63) is 55.7 Å². The zero-order chi connectivity index (χ0) is 15.6. The molecule has 1 atom stereocenters. The van der Waals surface area contributed by atoms with Crippen LogP contribution in [0.3, 0.4) is 0 Å². The number of benzene rings is 1. The van der Waals surface area contributed by atoms with Crippen molar-refractivity contribution in [2.24, 2.45) is 0 Å². The highest BCUT2D eigenvalue weighted by Crippen LogP contribution is 2.36. The molecule has 1 heterocycles. The van der Waals surface area contributed by atoms with Crippen LogP contribution < -0.4 is 5.32 Å². The number of nitrogens with one attached hydrogen (secondary N) is 1. The van der Waals surface area contributed by atoms with Crippen molar-refractivity contribution in [3.8, 4) is 0 Å². The molecule has 0 aliphatic carbocycles. The summed E-state index contributed by atoms with van der Waals surface area (Å²) in [7, 11) is 0. The Morgan fingerprint density at radius 1 is 1.19 bits per heavy atom. The van der Waals surface area contributed by atoms with Crippen LogP contribution in [0.1, 0.15) is 54.6 Å². The molecule has 0 bridgehead atoms. The zero-order valence-corrected chi connectivity index (χ0v) is 15.9. The second kappa shape index (κ2) is 6.64. The van der Waals surface area contributed by atoms with Gasteiger partial charge in [0.25, 0.3) is 0 Å². The Labute approximate surface area is 140 Å². The number of thiophene rings is 1. The van der Waals surface area contributed by atoms with Gasteiger partial charge in [0, 0.05) is 14.2 Å². The first-order valence-electron chi connectivity index (χ1n) is 7.42. The predicted octanol–water partition coefficient (Wildman–Crippen LogP) is 5.82. The molecule has 0 saturated heterocycles. The summed E-state index contributed by atoms with van der Waals surface area (Å²) in [5.74, 6) is 0. The molecular formula is C18H24BrNS. The smallest absolute Gasteiger partial charge is 0.0682 e. The first-order chi connectivity index (χ1) is 9.82. The van der Waals surface area contributed by atoms with Crippen molar-refractivity contribution >= 4 is 27.3 Å². The highest BCUT2D eigenvalue weighted by atomic mass is 79.9. The Bertz CT molecular complexity index is 610. The average Bonchev–Trinajstić information content (AvgIpc) is 2.88. The van der Waals surface area contributed by atoms with Crippen LogP contribution in [0.25, 0.3) is 0 Å². The van der Waals surface area contributed by atoms with Crippen molar-refractivity contribution in [1.29, 1.82) is 0 Å². The maximum absolute atomic E-state index is 3.71. The fourth-order valence-corrected chi connectivity index (χ4v) is 4.00. The lowest BCUT2D eigenvalue weighted by Gasteiger charge is -2.20. The summed E-state index contributed by atoms with van der Waals surface area (Å²) in [6.45, 7) is 12.1. The molecule has 21 heavy (non-hydrogen) atoms. The van der Waals surface area contributed by atoms with Crippen molar-refractivity contribution in [2.45, 2.75) is 46.1 Å². The van der Waals surface area contributed by atoms with Crippen LogP contribution in [0, 0.1) is 6.92 Å². The molecule has 0 fully saturated rings. The van der Waals surface area contributed by atoms with E-state index in [0.717, 1.165) is 6.54 Å². The Morgan fingerprint density at radius 2 is 1.90 bits per heavy atom. The average molecular weight is 366 g/mol. The fraction of sp³-hybridized carbons (Fsp3) is 0.444. The van der Waals surface area contributed by atoms with E-state index in [1.807, 2.05) is 11.3 Å². The minimum Gasteiger partial charge on any atom is -0.306 e. The van der Waals surface area contributed by atoms with Gasteiger partial charge in [0.1, 0.15) is 0 Å². The summed E-state index contributed by atoms with van der Waals surface area (Å²) in [6, 6.07) is 11.4. The molecule has 1 nitrogen and oxygen atoms in total. The van der Waals surface area contributed by atoms with E-state index in [4.69, 9.17) is 0 Å². The van der Waals surface area contributed by atoms with Gasteiger partial charge in [-0.15, -0.1) is 11.3 Å². The number of halogens is 1. The normalized spacial score (nSPS) is 13.4. The number of aryl methyl sites for hydroxylation is 1. The van der Waals surface area contributed by atoms with Gasteiger partial charge in [-0.3, -0.25) is 0 Å². The largest absolute Gasteiger partial charge is 0.306 e. The van der Waals surface area contributed by atoms with Crippen molar-refractivity contribution in [2.75, 3.05) is 6.54 Å². The summed E-state index contributed by atoms with van der Waals surface area (Å²) in [5, 5.41) is 3.63. The summed E-state index contributed by atoms with van der Waals surface area (Å²) >= 11 is 5.62. The molecule has 1 aromatic heterocycles. The summed E-state index contributed by atoms with van der Waals surface area (Å²) in [6.07, 6.45) is 0. The van der Waals surface area contributed by atoms with E-state index < -0.39 is 0 Å². The van der Waals surface area contributed by atoms with Crippen LogP contribution in [0.2, 0.25) is 0 Å². The van der Waals surface area contributed by atoms with Crippen LogP contribution >= 0.6 is 27.3 Å². The van der Waals surface area contributed by atoms with Gasteiger partial charge in [0.05, 0.1) is 6.04 Å². The van der Waals surface area contributed by atoms with Crippen LogP contribution in [0.5, 0.6) is 0 Å². The third kappa shape index (κ3) is 3.97. The first-order valence-corrected chi connectivity index (χ1v) is 9.03. The molecule has 0 saturated carbocycles. The van der Waals surface area contributed by atoms with Crippen LogP contribution in [-0.4, -0.2) is 6.54 Å². The van der Waals surface area contributed by atoms with Crippen molar-refractivity contribution in [1.82, 2.24) is 5.32 Å². The van der Waals surface area contributed by atoms with E-state index in [0.29, 0.717) is 0 Å². The molecule has 0 aliphatic rings. The molecule has 114 valence electrons. The quantitative estimate of drug-likeness (QED) is 0.719. The van der Waals surface area contributed by atoms with E-state index in [2.05, 4.69) is 86.2 Å². The van der Waals surface area contributed by atoms with Gasteiger partial charge >= 0.3 is 0 Å². The molecule has 2 rings (SSSR count). The molecule has 1 aromatic carbocycles. The SMILES string of the molecule is CCNC(c1ccc(C(C)(C)C)s1)c1cc(C)ccc1Br. The number of hydrogen-bond acceptors (Lipinski definition) is 2. The topological polar surface area (TPSA) is 12.0 Å². The molecule has 0 amide bonds. The third-order valence-corrected chi connectivity index (χ3v) is 5.82. The lowest BCUT2D eigenvalue weighted by Crippen LogP contribution is -2.21. The molecule has 0 spiro atoms. The maximum Gasteiger partial charge on any atom is 0.0682 e. The molecule has 0 radical (unpaired) electrons. The second-order valence-electron chi connectivity index (χ2n) is 6.47. The minimum absolute atomic E-state index is 0.212. The molecule has 3 heteroatoms. The van der Waals surface area contributed by atoms with Gasteiger partial charge in [-0.2, -0.15) is 0 Å². The number of hydrogen-bond donors (Lipinski definition) is 1. The summed E-state index contributed by atoms with van der Waals surface area (Å²) in [4.78, 5) is 2.82. The van der Waals surface area contributed by atoms with Gasteiger partial charge in [0.15, 0.2) is 0 Å². The molecule has 2 aromatic rings. The predicted molar refractivity (Wildman–Crippen MR) is 97.4 cm³/mol. The van der Waals surface area contributed by atoms with E-state index in [9.17, 15) is 0 Å². The standard InChI is InChI=1S/C18H24BrNS/c1-6-20-17(13-11-12(2)7-8-14(13)19)15-9-10-16(21-15)18(3,4)5/h7-11,17,20H,6H2,1-5H3. The maximum atomic E-state index is 3.71. The van der Waals surface area contributed by atoms with E-state index in [1.54, 1.807) is 0 Å². The van der Waals surface area contributed by atoms with Gasteiger partial charge in [-0.1, -0.05) is 61.3 Å². The first kappa shape index (κ1) is 16.7. The Morgan fingerprint density at radius 3 is 2.48 bits per heavy atom. The third-order valence-electron chi connectivity index (χ3n) is 3.52. The minimum atomic E-state index is 0.212. The highest BCUT2D eigenvalue weighted by Gasteiger charge is 2.21. The van der Waals surface area contributed by atoms with Crippen LogP contribution in [-0.2, 0) is 5.41 Å². The monoisotopic (exact) mass is 365 g/mol. The zero-order valence-electron chi connectivity index (χ0n) is 13.5. The summed E-state index contributed by atoms with van der Waals surface area (Å²) < 4.78 is 1.17. The molecular weight excluding hydrogens is 342 g/mol. The van der Waals surface area contributed by atoms with Crippen LogP contribution in [0.15, 0.2) is 34.8 Å². The van der Waals surface area contributed by atoms with Gasteiger partial charge < -0.3 is 5.32 Å². The molecule has 1 N–H and O–H groups in total. The highest BCUT2D eigenvalue weighted by molar-refractivity contribution is 9.10. The fourth-order valence-electron chi connectivity index (χ4n) is 2.36. The van der Waals surface area contributed by atoms with E-state index in [-0.39, 0.29) is 11.5 Å². The molecule has 0 aliphatic heterocycles. The lowest BCUT2D eigenvalue weighted by molar-refractivity contribution is 0.604. The number of rotatable bonds is 4. The van der Waals surface area contributed by atoms with Gasteiger partial charge in [0.2, 0.25) is 0 Å². The van der Waals surface area contributed by atoms with Crippen molar-refractivity contribution in [3.63, 3.8) is 0 Å². The van der Waals surface area contributed by atoms with Crippen LogP contribution in [0.4, 0.5) is 0 Å². The lowest BCUT2D eigenvalue weighted by atomic mass is 9.95. The van der Waals surface area contributed by atoms with Crippen molar-refractivity contribution < 1.29 is 0 Å². The Hall–Kier alpha value is -0.640. The van der Waals surface area contributed by atoms with Gasteiger partial charge in [-0.05, 0) is 42.6 Å². The Kier molecular flexibility index (Phi) is 5.29. The Balaban J connectivity index is 2.44. The summed E-state index contributed by atoms with van der Waals surface area (Å²) in [5.41, 5.74) is 2.83. The molecule has 1 unspecified atom stereocenters. The van der Waals surface area contributed by atoms with E-state index >= 15 is 0 Å². The van der Waals surface area contributed by atoms with E-state index in [1.165, 1.54) is 25.4 Å². The van der Waals surface area contributed by atoms with Gasteiger partial charge in [-0.25, -0.2) is 0 Å².